The van der Waals surface area contributed by atoms with Gasteiger partial charge in [0.25, 0.3) is 0 Å². The van der Waals surface area contributed by atoms with Crippen molar-refractivity contribution in [3.05, 3.63) is 0 Å². The number of hydrogen-bond donors (Lipinski definition) is 6. The second-order valence-corrected chi connectivity index (χ2v) is 3.23. The maximum atomic E-state index is 8.93. The number of carboxylic acids is 2. The summed E-state index contributed by atoms with van der Waals surface area (Å²) in [6.07, 6.45) is 0. The van der Waals surface area contributed by atoms with Crippen LogP contribution in [0.5, 0.6) is 0 Å². The smallest absolute Gasteiger partial charge is 1.00 e. The molecule has 0 saturated heterocycles. The molecule has 0 aromatic heterocycles. The van der Waals surface area contributed by atoms with Crippen molar-refractivity contribution in [3.8, 4) is 0 Å². The molecular weight excluding hydrogens is 577 g/mol. The van der Waals surface area contributed by atoms with E-state index in [0.29, 0.717) is 26.2 Å². The fourth-order valence-electron chi connectivity index (χ4n) is 0.658. The van der Waals surface area contributed by atoms with Gasteiger partial charge in [-0.05, 0) is 0 Å². The molecule has 0 fully saturated rings. The summed E-state index contributed by atoms with van der Waals surface area (Å²) >= 11 is 0. The van der Waals surface area contributed by atoms with Crippen LogP contribution in [0, 0.1) is 0 Å². The molecule has 0 radical (unpaired) electrons. The molecule has 0 atom stereocenters. The minimum Gasteiger partial charge on any atom is -1.00 e. The molecule has 0 aliphatic carbocycles. The van der Waals surface area contributed by atoms with E-state index in [4.69, 9.17) is 42.7 Å². The van der Waals surface area contributed by atoms with Crippen LogP contribution in [-0.4, -0.2) is 64.3 Å². The summed E-state index contributed by atoms with van der Waals surface area (Å²) in [6.45, 7) is 6.27. The van der Waals surface area contributed by atoms with Crippen molar-refractivity contribution in [1.82, 2.24) is 10.6 Å². The predicted molar refractivity (Wildman–Crippen MR) is 81.7 cm³/mol. The molecule has 26 heavy (non-hydrogen) atoms. The Bertz CT molecular complexity index is 212. The summed E-state index contributed by atoms with van der Waals surface area (Å²) in [4.78, 5) is 17.9. The minimum atomic E-state index is -2.19. The molecule has 12 nitrogen and oxygen atoms in total. The van der Waals surface area contributed by atoms with Gasteiger partial charge in [0.05, 0.1) is 11.9 Å². The van der Waals surface area contributed by atoms with Crippen LogP contribution in [-0.2, 0) is 53.5 Å². The van der Waals surface area contributed by atoms with Crippen LogP contribution < -0.4 is 77.7 Å². The zero-order chi connectivity index (χ0) is 16.2. The number of carbonyl (C=O) groups is 2. The maximum absolute atomic E-state index is 8.93. The number of nitrogens with one attached hydrogen (secondary N) is 2. The first-order valence-corrected chi connectivity index (χ1v) is 6.11. The topological polar surface area (TPSA) is 274 Å². The normalized spacial score (nSPS) is 6.77. The molecule has 0 bridgehead atoms. The Balaban J connectivity index is -0.0000000214. The van der Waals surface area contributed by atoms with E-state index >= 15 is 0 Å². The largest absolute Gasteiger partial charge is 2.00 e. The summed E-state index contributed by atoms with van der Waals surface area (Å²) in [7, 11) is 0. The Labute approximate surface area is 194 Å². The van der Waals surface area contributed by atoms with Gasteiger partial charge in [0.15, 0.2) is 0 Å². The number of hydrogen-bond acceptors (Lipinski definition) is 10. The van der Waals surface area contributed by atoms with Gasteiger partial charge in [-0.1, -0.05) is 0 Å². The third-order valence-electron chi connectivity index (χ3n) is 1.45. The van der Waals surface area contributed by atoms with Crippen molar-refractivity contribution >= 4 is 11.9 Å². The van der Waals surface area contributed by atoms with E-state index in [1.807, 2.05) is 0 Å². The van der Waals surface area contributed by atoms with Gasteiger partial charge in [-0.15, -0.1) is 0 Å². The van der Waals surface area contributed by atoms with E-state index in [1.54, 1.807) is 0 Å². The summed E-state index contributed by atoms with van der Waals surface area (Å²) in [5.74, 6) is -4.37. The molecule has 0 aliphatic heterocycles. The minimum absolute atomic E-state index is 0. The quantitative estimate of drug-likeness (QED) is 0.0654. The predicted octanol–water partition coefficient (Wildman–Crippen LogP) is -14.4. The van der Waals surface area contributed by atoms with Crippen molar-refractivity contribution in [2.75, 3.05) is 52.4 Å². The van der Waals surface area contributed by atoms with Crippen molar-refractivity contribution in [1.29, 1.82) is 0 Å². The Morgan fingerprint density at radius 1 is 0.615 bits per heavy atom. The molecule has 0 aromatic carbocycles. The van der Waals surface area contributed by atoms with Crippen molar-refractivity contribution in [3.63, 3.8) is 0 Å². The Hall–Kier alpha value is 0.567. The van der Waals surface area contributed by atoms with Gasteiger partial charge < -0.3 is 98.3 Å². The first-order valence-electron chi connectivity index (χ1n) is 6.11. The summed E-state index contributed by atoms with van der Waals surface area (Å²) < 4.78 is 0. The first kappa shape index (κ1) is 56.3. The molecule has 170 valence electrons. The van der Waals surface area contributed by atoms with E-state index < -0.39 is 11.9 Å². The fraction of sp³-hybridized carbons (Fsp3) is 0.800. The molecular formula is C10H32Br2N6Ni2O6+2. The molecule has 0 amide bonds. The van der Waals surface area contributed by atoms with Crippen LogP contribution in [0.3, 0.4) is 0 Å². The second-order valence-electron chi connectivity index (χ2n) is 3.23. The van der Waals surface area contributed by atoms with Crippen LogP contribution in [0.2, 0.25) is 0 Å². The number of carbonyl (C=O) groups excluding carboxylic acids is 2. The summed E-state index contributed by atoms with van der Waals surface area (Å²) in [6, 6.07) is 0. The molecule has 0 rings (SSSR count). The summed E-state index contributed by atoms with van der Waals surface area (Å²) in [5.41, 5.74) is 20.7. The van der Waals surface area contributed by atoms with Gasteiger partial charge in [-0.25, -0.2) is 0 Å². The van der Waals surface area contributed by atoms with Crippen LogP contribution in [0.1, 0.15) is 0 Å². The number of carboxylic acid groups (broad SMARTS) is 2. The second kappa shape index (κ2) is 56.2. The van der Waals surface area contributed by atoms with E-state index in [-0.39, 0.29) is 77.9 Å². The average molecular weight is 610 g/mol. The first-order chi connectivity index (χ1) is 9.47. The molecule has 0 spiro atoms. The van der Waals surface area contributed by atoms with Crippen molar-refractivity contribution in [2.24, 2.45) is 22.9 Å². The van der Waals surface area contributed by atoms with Gasteiger partial charge in [0.2, 0.25) is 0 Å². The van der Waals surface area contributed by atoms with Crippen LogP contribution >= 0.6 is 0 Å². The molecule has 0 heterocycles. The third-order valence-corrected chi connectivity index (χ3v) is 1.45. The number of halogens is 2. The van der Waals surface area contributed by atoms with E-state index in [0.717, 1.165) is 26.2 Å². The van der Waals surface area contributed by atoms with Crippen molar-refractivity contribution < 1.29 is 97.7 Å². The van der Waals surface area contributed by atoms with Crippen LogP contribution in [0.15, 0.2) is 0 Å². The number of aliphatic carboxylic acids is 2. The van der Waals surface area contributed by atoms with Gasteiger partial charge in [0.1, 0.15) is 0 Å². The Kier molecular flexibility index (Phi) is 122. The molecule has 0 saturated carbocycles. The Morgan fingerprint density at radius 3 is 0.846 bits per heavy atom. The van der Waals surface area contributed by atoms with E-state index in [1.165, 1.54) is 0 Å². The molecule has 0 aromatic rings. The van der Waals surface area contributed by atoms with Gasteiger partial charge in [-0.2, -0.15) is 0 Å². The number of rotatable bonds is 8. The zero-order valence-electron chi connectivity index (χ0n) is 14.1. The van der Waals surface area contributed by atoms with Gasteiger partial charge in [0, 0.05) is 52.4 Å². The third kappa shape index (κ3) is 86.4. The molecule has 0 aliphatic rings. The molecule has 16 N–H and O–H groups in total. The Morgan fingerprint density at radius 2 is 0.769 bits per heavy atom. The standard InChI is InChI=1S/2C4H13N3.C2H2O4.2BrH.2Ni.2H2O/c2*5-1-3-7-4-2-6;3-1(4)2(5)6;;;;;;/h2*7H,1-6H2;(H,3,4)(H,5,6);2*1H;;;2*1H2/q;;;;;2*+2;;/p-2. The maximum Gasteiger partial charge on any atom is 2.00 e. The zero-order valence-corrected chi connectivity index (χ0v) is 19.3. The van der Waals surface area contributed by atoms with Crippen molar-refractivity contribution in [2.45, 2.75) is 0 Å². The SMILES string of the molecule is NCCNCCN.NCCNCCN.O=C([O-])C(=O)[O-].[Br-].[Br-].[Ni+2].[Ni+2].[OH3+].[OH3+]. The molecule has 16 heteroatoms. The van der Waals surface area contributed by atoms with Gasteiger partial charge >= 0.3 is 33.0 Å². The van der Waals surface area contributed by atoms with Gasteiger partial charge in [-0.3, -0.25) is 0 Å². The average Bonchev–Trinajstić information content (AvgIpc) is 2.41. The number of nitrogens with two attached hydrogens (primary N) is 4. The molecule has 0 unspecified atom stereocenters. The van der Waals surface area contributed by atoms with Crippen LogP contribution in [0.4, 0.5) is 0 Å². The van der Waals surface area contributed by atoms with E-state index in [9.17, 15) is 0 Å². The summed E-state index contributed by atoms with van der Waals surface area (Å²) in [5, 5.41) is 23.9. The van der Waals surface area contributed by atoms with Crippen LogP contribution in [0.25, 0.3) is 0 Å². The fourth-order valence-corrected chi connectivity index (χ4v) is 0.658. The monoisotopic (exact) mass is 606 g/mol. The van der Waals surface area contributed by atoms with E-state index in [2.05, 4.69) is 10.6 Å².